The Labute approximate surface area is 175 Å². The van der Waals surface area contributed by atoms with Gasteiger partial charge in [0.1, 0.15) is 28.8 Å². The second-order valence-corrected chi connectivity index (χ2v) is 7.48. The molecule has 0 fully saturated rings. The van der Waals surface area contributed by atoms with E-state index in [1.54, 1.807) is 6.07 Å². The average Bonchev–Trinajstić information content (AvgIpc) is 3.05. The molecule has 7 heteroatoms. The smallest absolute Gasteiger partial charge is 0.258 e. The molecule has 0 saturated heterocycles. The van der Waals surface area contributed by atoms with Crippen molar-refractivity contribution in [2.24, 2.45) is 0 Å². The number of carbonyl (C=O) groups is 1. The van der Waals surface area contributed by atoms with Crippen molar-refractivity contribution in [1.82, 2.24) is 20.1 Å². The Hall–Kier alpha value is -3.22. The lowest BCUT2D eigenvalue weighted by molar-refractivity contribution is 0.0925. The first-order valence-corrected chi connectivity index (χ1v) is 10.2. The second kappa shape index (κ2) is 9.07. The van der Waals surface area contributed by atoms with Crippen LogP contribution in [0.15, 0.2) is 48.5 Å². The van der Waals surface area contributed by atoms with Crippen LogP contribution in [0, 0.1) is 5.82 Å². The Kier molecular flexibility index (Phi) is 6.07. The van der Waals surface area contributed by atoms with Crippen LogP contribution in [0.25, 0.3) is 0 Å². The summed E-state index contributed by atoms with van der Waals surface area (Å²) in [6.07, 6.45) is 3.93. The van der Waals surface area contributed by atoms with Crippen molar-refractivity contribution in [3.63, 3.8) is 0 Å². The van der Waals surface area contributed by atoms with E-state index in [0.29, 0.717) is 0 Å². The number of aryl methyl sites for hydroxylation is 3. The van der Waals surface area contributed by atoms with Crippen LogP contribution in [0.2, 0.25) is 0 Å². The predicted octanol–water partition coefficient (Wildman–Crippen LogP) is 3.35. The number of hydrogen-bond acceptors (Lipinski definition) is 4. The molecule has 0 bridgehead atoms. The first kappa shape index (κ1) is 20.1. The van der Waals surface area contributed by atoms with Gasteiger partial charge in [-0.15, -0.1) is 10.2 Å². The highest BCUT2D eigenvalue weighted by molar-refractivity contribution is 5.97. The van der Waals surface area contributed by atoms with E-state index in [-0.39, 0.29) is 17.4 Å². The monoisotopic (exact) mass is 408 g/mol. The summed E-state index contributed by atoms with van der Waals surface area (Å²) in [6, 6.07) is 14.6. The number of rotatable bonds is 6. The molecule has 1 aromatic heterocycles. The van der Waals surface area contributed by atoms with E-state index >= 15 is 0 Å². The van der Waals surface area contributed by atoms with Gasteiger partial charge in [-0.1, -0.05) is 36.4 Å². The summed E-state index contributed by atoms with van der Waals surface area (Å²) >= 11 is 0. The SMILES string of the molecule is COc1cccc(F)c1C(=O)NC1CCc2nnc(CCc3ccccc3)n2CC1. The third-order valence-electron chi connectivity index (χ3n) is 5.56. The number of ether oxygens (including phenoxy) is 1. The molecule has 2 aromatic carbocycles. The lowest BCUT2D eigenvalue weighted by atomic mass is 10.1. The molecule has 6 nitrogen and oxygen atoms in total. The van der Waals surface area contributed by atoms with Gasteiger partial charge in [0, 0.05) is 25.4 Å². The molecule has 1 amide bonds. The van der Waals surface area contributed by atoms with Crippen LogP contribution >= 0.6 is 0 Å². The van der Waals surface area contributed by atoms with Gasteiger partial charge in [0.15, 0.2) is 0 Å². The fourth-order valence-electron chi connectivity index (χ4n) is 3.93. The number of hydrogen-bond donors (Lipinski definition) is 1. The molecule has 0 aliphatic carbocycles. The van der Waals surface area contributed by atoms with Gasteiger partial charge < -0.3 is 14.6 Å². The number of nitrogens with one attached hydrogen (secondary N) is 1. The summed E-state index contributed by atoms with van der Waals surface area (Å²) in [7, 11) is 1.43. The highest BCUT2D eigenvalue weighted by Gasteiger charge is 2.24. The van der Waals surface area contributed by atoms with E-state index in [9.17, 15) is 9.18 Å². The number of nitrogens with zero attached hydrogens (tertiary/aromatic N) is 3. The molecule has 0 radical (unpaired) electrons. The molecule has 2 heterocycles. The van der Waals surface area contributed by atoms with Gasteiger partial charge in [0.25, 0.3) is 5.91 Å². The van der Waals surface area contributed by atoms with E-state index in [1.807, 2.05) is 18.2 Å². The van der Waals surface area contributed by atoms with Crippen LogP contribution in [0.4, 0.5) is 4.39 Å². The van der Waals surface area contributed by atoms with Crippen molar-refractivity contribution < 1.29 is 13.9 Å². The zero-order chi connectivity index (χ0) is 20.9. The van der Waals surface area contributed by atoms with Gasteiger partial charge in [0.2, 0.25) is 0 Å². The number of amides is 1. The lowest BCUT2D eigenvalue weighted by Crippen LogP contribution is -2.36. The zero-order valence-corrected chi connectivity index (χ0v) is 17.0. The van der Waals surface area contributed by atoms with Gasteiger partial charge in [-0.2, -0.15) is 0 Å². The fourth-order valence-corrected chi connectivity index (χ4v) is 3.93. The Balaban J connectivity index is 1.40. The minimum Gasteiger partial charge on any atom is -0.496 e. The highest BCUT2D eigenvalue weighted by atomic mass is 19.1. The van der Waals surface area contributed by atoms with E-state index in [4.69, 9.17) is 4.74 Å². The molecule has 4 rings (SSSR count). The predicted molar refractivity (Wildman–Crippen MR) is 111 cm³/mol. The number of aromatic nitrogens is 3. The molecular weight excluding hydrogens is 383 g/mol. The Morgan fingerprint density at radius 3 is 2.77 bits per heavy atom. The van der Waals surface area contributed by atoms with Crippen molar-refractivity contribution >= 4 is 5.91 Å². The Bertz CT molecular complexity index is 1020. The molecule has 1 N–H and O–H groups in total. The first-order valence-electron chi connectivity index (χ1n) is 10.2. The lowest BCUT2D eigenvalue weighted by Gasteiger charge is -2.17. The van der Waals surface area contributed by atoms with Gasteiger partial charge in [-0.05, 0) is 37.0 Å². The molecular formula is C23H25FN4O2. The van der Waals surface area contributed by atoms with E-state index in [1.165, 1.54) is 24.8 Å². The van der Waals surface area contributed by atoms with Gasteiger partial charge in [-0.25, -0.2) is 4.39 Å². The second-order valence-electron chi connectivity index (χ2n) is 7.48. The Morgan fingerprint density at radius 1 is 1.13 bits per heavy atom. The van der Waals surface area contributed by atoms with Crippen molar-refractivity contribution in [3.8, 4) is 5.75 Å². The third-order valence-corrected chi connectivity index (χ3v) is 5.56. The summed E-state index contributed by atoms with van der Waals surface area (Å²) in [4.78, 5) is 12.7. The van der Waals surface area contributed by atoms with Crippen LogP contribution in [-0.4, -0.2) is 33.8 Å². The third kappa shape index (κ3) is 4.35. The van der Waals surface area contributed by atoms with Gasteiger partial charge in [-0.3, -0.25) is 4.79 Å². The molecule has 1 aliphatic rings. The minimum absolute atomic E-state index is 0.0489. The van der Waals surface area contributed by atoms with Crippen LogP contribution in [-0.2, 0) is 25.8 Å². The van der Waals surface area contributed by atoms with Crippen molar-refractivity contribution in [3.05, 3.63) is 77.1 Å². The number of fused-ring (bicyclic) bond motifs is 1. The van der Waals surface area contributed by atoms with E-state index in [2.05, 4.69) is 32.2 Å². The van der Waals surface area contributed by atoms with E-state index < -0.39 is 11.7 Å². The van der Waals surface area contributed by atoms with Crippen LogP contribution in [0.5, 0.6) is 5.75 Å². The van der Waals surface area contributed by atoms with Crippen LogP contribution in [0.3, 0.4) is 0 Å². The zero-order valence-electron chi connectivity index (χ0n) is 17.0. The van der Waals surface area contributed by atoms with Crippen molar-refractivity contribution in [1.29, 1.82) is 0 Å². The maximum absolute atomic E-state index is 14.2. The molecule has 1 atom stereocenters. The van der Waals surface area contributed by atoms with Crippen LogP contribution < -0.4 is 10.1 Å². The molecule has 1 unspecified atom stereocenters. The molecule has 0 spiro atoms. The standard InChI is InChI=1S/C23H25FN4O2/c1-30-19-9-5-8-18(24)22(19)23(29)25-17-11-13-21-27-26-20(28(21)15-14-17)12-10-16-6-3-2-4-7-16/h2-9,17H,10-15H2,1H3,(H,25,29). The number of halogens is 1. The summed E-state index contributed by atoms with van der Waals surface area (Å²) in [5.74, 6) is 1.12. The quantitative estimate of drug-likeness (QED) is 0.679. The maximum Gasteiger partial charge on any atom is 0.258 e. The molecule has 156 valence electrons. The minimum atomic E-state index is -0.583. The highest BCUT2D eigenvalue weighted by Crippen LogP contribution is 2.22. The fraction of sp³-hybridized carbons (Fsp3) is 0.348. The Morgan fingerprint density at radius 2 is 1.97 bits per heavy atom. The van der Waals surface area contributed by atoms with E-state index in [0.717, 1.165) is 50.3 Å². The molecule has 0 saturated carbocycles. The van der Waals surface area contributed by atoms with Crippen molar-refractivity contribution in [2.75, 3.05) is 7.11 Å². The van der Waals surface area contributed by atoms with Crippen molar-refractivity contribution in [2.45, 2.75) is 44.7 Å². The van der Waals surface area contributed by atoms with Crippen LogP contribution in [0.1, 0.15) is 40.4 Å². The number of benzene rings is 2. The summed E-state index contributed by atoms with van der Waals surface area (Å²) in [6.45, 7) is 0.728. The normalized spacial score (nSPS) is 15.9. The number of methoxy groups -OCH3 is 1. The summed E-state index contributed by atoms with van der Waals surface area (Å²) < 4.78 is 21.5. The average molecular weight is 408 g/mol. The maximum atomic E-state index is 14.2. The largest absolute Gasteiger partial charge is 0.496 e. The first-order chi connectivity index (χ1) is 14.7. The molecule has 3 aromatic rings. The summed E-state index contributed by atoms with van der Waals surface area (Å²) in [5, 5.41) is 11.7. The number of carbonyl (C=O) groups excluding carboxylic acids is 1. The van der Waals surface area contributed by atoms with Gasteiger partial charge >= 0.3 is 0 Å². The molecule has 1 aliphatic heterocycles. The van der Waals surface area contributed by atoms with Gasteiger partial charge in [0.05, 0.1) is 7.11 Å². The summed E-state index contributed by atoms with van der Waals surface area (Å²) in [5.41, 5.74) is 1.22. The topological polar surface area (TPSA) is 69.0 Å². The molecule has 30 heavy (non-hydrogen) atoms.